The van der Waals surface area contributed by atoms with E-state index in [2.05, 4.69) is 5.92 Å². The van der Waals surface area contributed by atoms with Crippen LogP contribution in [0.5, 0.6) is 5.75 Å². The normalized spacial score (nSPS) is 15.0. The van der Waals surface area contributed by atoms with E-state index < -0.39 is 5.60 Å². The molecule has 0 aliphatic carbocycles. The van der Waals surface area contributed by atoms with E-state index in [1.807, 2.05) is 30.3 Å². The highest BCUT2D eigenvalue weighted by atomic mass is 19.1. The van der Waals surface area contributed by atoms with Gasteiger partial charge in [-0.3, -0.25) is 4.90 Å². The summed E-state index contributed by atoms with van der Waals surface area (Å²) < 4.78 is 31.4. The SMILES string of the molecule is C#CCN(C)C(=O)N(C)c1ccc(COc2cc(F)cc(C3(OC)CCOCC3)c2)cc1. The van der Waals surface area contributed by atoms with Crippen molar-refractivity contribution in [3.05, 3.63) is 59.4 Å². The number of nitrogens with zero attached hydrogens (tertiary/aromatic N) is 2. The summed E-state index contributed by atoms with van der Waals surface area (Å²) in [5.41, 5.74) is 1.82. The average Bonchev–Trinajstić information content (AvgIpc) is 2.82. The van der Waals surface area contributed by atoms with Crippen molar-refractivity contribution in [2.45, 2.75) is 25.0 Å². The maximum Gasteiger partial charge on any atom is 0.324 e. The second-order valence-corrected chi connectivity index (χ2v) is 7.84. The number of anilines is 1. The third-order valence-corrected chi connectivity index (χ3v) is 5.76. The molecular weight excluding hydrogens is 411 g/mol. The van der Waals surface area contributed by atoms with Crippen LogP contribution in [0.15, 0.2) is 42.5 Å². The molecule has 3 rings (SSSR count). The Balaban J connectivity index is 1.67. The molecule has 0 spiro atoms. The zero-order valence-corrected chi connectivity index (χ0v) is 18.8. The topological polar surface area (TPSA) is 51.2 Å². The van der Waals surface area contributed by atoms with Gasteiger partial charge in [-0.05, 0) is 35.4 Å². The van der Waals surface area contributed by atoms with E-state index in [4.69, 9.17) is 20.6 Å². The molecule has 7 heteroatoms. The zero-order valence-electron chi connectivity index (χ0n) is 18.8. The molecule has 1 aliphatic heterocycles. The smallest absolute Gasteiger partial charge is 0.324 e. The Hall–Kier alpha value is -3.08. The number of hydrogen-bond acceptors (Lipinski definition) is 4. The second kappa shape index (κ2) is 10.5. The first-order valence-electron chi connectivity index (χ1n) is 10.5. The van der Waals surface area contributed by atoms with Crippen molar-refractivity contribution in [1.29, 1.82) is 0 Å². The van der Waals surface area contributed by atoms with Gasteiger partial charge >= 0.3 is 6.03 Å². The molecular formula is C25H29FN2O4. The molecule has 170 valence electrons. The molecule has 1 aliphatic rings. The lowest BCUT2D eigenvalue weighted by Gasteiger charge is -2.36. The van der Waals surface area contributed by atoms with Crippen molar-refractivity contribution in [3.63, 3.8) is 0 Å². The van der Waals surface area contributed by atoms with Crippen molar-refractivity contribution in [2.75, 3.05) is 45.9 Å². The Morgan fingerprint density at radius 1 is 1.19 bits per heavy atom. The predicted octanol–water partition coefficient (Wildman–Crippen LogP) is 4.18. The van der Waals surface area contributed by atoms with Crippen LogP contribution < -0.4 is 9.64 Å². The molecule has 0 unspecified atom stereocenters. The van der Waals surface area contributed by atoms with E-state index in [-0.39, 0.29) is 25.0 Å². The molecule has 2 aromatic carbocycles. The van der Waals surface area contributed by atoms with E-state index in [0.29, 0.717) is 31.8 Å². The van der Waals surface area contributed by atoms with E-state index in [9.17, 15) is 9.18 Å². The van der Waals surface area contributed by atoms with Crippen LogP contribution >= 0.6 is 0 Å². The Bertz CT molecular complexity index is 965. The quantitative estimate of drug-likeness (QED) is 0.606. The molecule has 0 bridgehead atoms. The number of carbonyl (C=O) groups excluding carboxylic acids is 1. The average molecular weight is 441 g/mol. The maximum absolute atomic E-state index is 14.3. The minimum Gasteiger partial charge on any atom is -0.489 e. The van der Waals surface area contributed by atoms with E-state index in [1.54, 1.807) is 21.2 Å². The van der Waals surface area contributed by atoms with Gasteiger partial charge in [0.15, 0.2) is 0 Å². The fraction of sp³-hybridized carbons (Fsp3) is 0.400. The van der Waals surface area contributed by atoms with E-state index in [1.165, 1.54) is 21.9 Å². The van der Waals surface area contributed by atoms with Crippen molar-refractivity contribution in [3.8, 4) is 18.1 Å². The lowest BCUT2D eigenvalue weighted by Crippen LogP contribution is -2.38. The minimum absolute atomic E-state index is 0.195. The molecule has 0 N–H and O–H groups in total. The Morgan fingerprint density at radius 3 is 2.50 bits per heavy atom. The molecule has 2 amide bonds. The first kappa shape index (κ1) is 23.6. The lowest BCUT2D eigenvalue weighted by molar-refractivity contribution is -0.0950. The van der Waals surface area contributed by atoms with Gasteiger partial charge in [-0.25, -0.2) is 9.18 Å². The fourth-order valence-corrected chi connectivity index (χ4v) is 3.77. The van der Waals surface area contributed by atoms with Gasteiger partial charge in [-0.15, -0.1) is 6.42 Å². The maximum atomic E-state index is 14.3. The van der Waals surface area contributed by atoms with Crippen LogP contribution in [-0.4, -0.2) is 51.9 Å². The lowest BCUT2D eigenvalue weighted by atomic mass is 9.86. The van der Waals surface area contributed by atoms with Gasteiger partial charge in [0.05, 0.1) is 12.1 Å². The molecule has 0 atom stereocenters. The molecule has 1 fully saturated rings. The van der Waals surface area contributed by atoms with E-state index >= 15 is 0 Å². The highest BCUT2D eigenvalue weighted by molar-refractivity contribution is 5.91. The molecule has 32 heavy (non-hydrogen) atoms. The molecule has 6 nitrogen and oxygen atoms in total. The van der Waals surface area contributed by atoms with E-state index in [0.717, 1.165) is 16.8 Å². The van der Waals surface area contributed by atoms with Crippen LogP contribution in [0.2, 0.25) is 0 Å². The van der Waals surface area contributed by atoms with Crippen molar-refractivity contribution < 1.29 is 23.4 Å². The fourth-order valence-electron chi connectivity index (χ4n) is 3.77. The minimum atomic E-state index is -0.566. The number of hydrogen-bond donors (Lipinski definition) is 0. The summed E-state index contributed by atoms with van der Waals surface area (Å²) in [5.74, 6) is 2.52. The summed E-state index contributed by atoms with van der Waals surface area (Å²) in [5, 5.41) is 0. The standard InChI is InChI=1S/C25H29FN2O4/c1-5-12-27(2)24(29)28(3)22-8-6-19(7-9-22)18-32-23-16-20(15-21(26)17-23)25(30-4)10-13-31-14-11-25/h1,6-9,15-17H,10-14,18H2,2-4H3. The summed E-state index contributed by atoms with van der Waals surface area (Å²) >= 11 is 0. The van der Waals surface area contributed by atoms with Crippen LogP contribution in [-0.2, 0) is 21.7 Å². The summed E-state index contributed by atoms with van der Waals surface area (Å²) in [7, 11) is 4.99. The molecule has 0 saturated carbocycles. The number of methoxy groups -OCH3 is 1. The number of amides is 2. The number of rotatable bonds is 7. The first-order chi connectivity index (χ1) is 15.4. The molecule has 1 heterocycles. The predicted molar refractivity (Wildman–Crippen MR) is 121 cm³/mol. The van der Waals surface area contributed by atoms with Crippen molar-refractivity contribution in [2.24, 2.45) is 0 Å². The van der Waals surface area contributed by atoms with Gasteiger partial charge in [0.2, 0.25) is 0 Å². The van der Waals surface area contributed by atoms with Crippen molar-refractivity contribution in [1.82, 2.24) is 4.90 Å². The summed E-state index contributed by atoms with van der Waals surface area (Å²) in [6.07, 6.45) is 6.60. The number of urea groups is 1. The van der Waals surface area contributed by atoms with Gasteiger partial charge in [-0.1, -0.05) is 18.1 Å². The van der Waals surface area contributed by atoms with Gasteiger partial charge < -0.3 is 19.1 Å². The molecule has 0 radical (unpaired) electrons. The number of ether oxygens (including phenoxy) is 3. The van der Waals surface area contributed by atoms with Crippen LogP contribution in [0, 0.1) is 18.2 Å². The summed E-state index contributed by atoms with van der Waals surface area (Å²) in [4.78, 5) is 15.3. The Kier molecular flexibility index (Phi) is 7.73. The molecule has 1 saturated heterocycles. The number of terminal acetylenes is 1. The third kappa shape index (κ3) is 5.39. The van der Waals surface area contributed by atoms with Gasteiger partial charge in [-0.2, -0.15) is 0 Å². The van der Waals surface area contributed by atoms with Crippen LogP contribution in [0.1, 0.15) is 24.0 Å². The largest absolute Gasteiger partial charge is 0.489 e. The Morgan fingerprint density at radius 2 is 1.88 bits per heavy atom. The summed E-state index contributed by atoms with van der Waals surface area (Å²) in [6, 6.07) is 11.9. The number of carbonyl (C=O) groups is 1. The molecule has 2 aromatic rings. The highest BCUT2D eigenvalue weighted by Crippen LogP contribution is 2.37. The Labute approximate surface area is 188 Å². The van der Waals surface area contributed by atoms with Gasteiger partial charge in [0, 0.05) is 59.0 Å². The zero-order chi connectivity index (χ0) is 23.1. The van der Waals surface area contributed by atoms with Gasteiger partial charge in [0.25, 0.3) is 0 Å². The number of halogens is 1. The summed E-state index contributed by atoms with van der Waals surface area (Å²) in [6.45, 7) is 1.65. The first-order valence-corrected chi connectivity index (χ1v) is 10.5. The second-order valence-electron chi connectivity index (χ2n) is 7.84. The van der Waals surface area contributed by atoms with Crippen LogP contribution in [0.3, 0.4) is 0 Å². The van der Waals surface area contributed by atoms with Crippen LogP contribution in [0.25, 0.3) is 0 Å². The van der Waals surface area contributed by atoms with Gasteiger partial charge in [0.1, 0.15) is 18.2 Å². The van der Waals surface area contributed by atoms with Crippen molar-refractivity contribution >= 4 is 11.7 Å². The van der Waals surface area contributed by atoms with Crippen LogP contribution in [0.4, 0.5) is 14.9 Å². The number of benzene rings is 2. The molecule has 0 aromatic heterocycles. The monoisotopic (exact) mass is 440 g/mol. The highest BCUT2D eigenvalue weighted by Gasteiger charge is 2.35. The third-order valence-electron chi connectivity index (χ3n) is 5.76.